The number of nitrogens with zero attached hydrogens (tertiary/aromatic N) is 3. The Morgan fingerprint density at radius 2 is 1.96 bits per heavy atom. The van der Waals surface area contributed by atoms with Gasteiger partial charge in [0.1, 0.15) is 0 Å². The zero-order chi connectivity index (χ0) is 18.2. The number of hydrogen-bond acceptors (Lipinski definition) is 6. The summed E-state index contributed by atoms with van der Waals surface area (Å²) in [6, 6.07) is 6.18. The van der Waals surface area contributed by atoms with Crippen molar-refractivity contribution in [3.05, 3.63) is 39.3 Å². The van der Waals surface area contributed by atoms with Crippen molar-refractivity contribution in [2.45, 2.75) is 6.42 Å². The predicted octanol–water partition coefficient (Wildman–Crippen LogP) is 1.92. The molecule has 25 heavy (non-hydrogen) atoms. The molecule has 0 spiro atoms. The number of nitro groups is 1. The second kappa shape index (κ2) is 6.70. The van der Waals surface area contributed by atoms with Crippen LogP contribution >= 0.6 is 11.3 Å². The summed E-state index contributed by atoms with van der Waals surface area (Å²) in [6.07, 6.45) is 1.75. The van der Waals surface area contributed by atoms with Gasteiger partial charge in [0.05, 0.1) is 16.1 Å². The van der Waals surface area contributed by atoms with Crippen LogP contribution in [0.5, 0.6) is 0 Å². The molecule has 0 radical (unpaired) electrons. The number of fused-ring (bicyclic) bond motifs is 1. The average Bonchev–Trinajstić information content (AvgIpc) is 2.80. The Balaban J connectivity index is 1.81. The lowest BCUT2D eigenvalue weighted by Gasteiger charge is -2.20. The summed E-state index contributed by atoms with van der Waals surface area (Å²) >= 11 is 1.29. The molecule has 1 aliphatic rings. The number of carbonyl (C=O) groups is 1. The van der Waals surface area contributed by atoms with Gasteiger partial charge >= 0.3 is 0 Å². The number of hydrogen-bond donors (Lipinski definition) is 0. The molecule has 0 unspecified atom stereocenters. The standard InChI is InChI=1S/C15H17N3O5S2/c1-25(22,23)17-6-2-5-16(7-8-17)15(19)14-10-11-9-12(18(20)21)3-4-13(11)24-14/h3-4,9-10H,2,5-8H2,1H3. The van der Waals surface area contributed by atoms with Crippen LogP contribution in [0.3, 0.4) is 0 Å². The van der Waals surface area contributed by atoms with Gasteiger partial charge in [0.15, 0.2) is 0 Å². The molecule has 0 bridgehead atoms. The van der Waals surface area contributed by atoms with E-state index in [0.717, 1.165) is 4.70 Å². The molecule has 0 N–H and O–H groups in total. The molecule has 10 heteroatoms. The molecular formula is C15H17N3O5S2. The second-order valence-corrected chi connectivity index (χ2v) is 8.96. The van der Waals surface area contributed by atoms with E-state index in [1.807, 2.05) is 0 Å². The van der Waals surface area contributed by atoms with Gasteiger partial charge in [0.25, 0.3) is 11.6 Å². The van der Waals surface area contributed by atoms with Crippen molar-refractivity contribution in [2.24, 2.45) is 0 Å². The number of non-ortho nitro benzene ring substituents is 1. The molecule has 0 atom stereocenters. The number of rotatable bonds is 3. The van der Waals surface area contributed by atoms with Crippen LogP contribution < -0.4 is 0 Å². The SMILES string of the molecule is CS(=O)(=O)N1CCCN(C(=O)c2cc3cc([N+](=O)[O-])ccc3s2)CC1. The van der Waals surface area contributed by atoms with E-state index in [2.05, 4.69) is 0 Å². The van der Waals surface area contributed by atoms with Crippen LogP contribution in [0.25, 0.3) is 10.1 Å². The van der Waals surface area contributed by atoms with E-state index in [0.29, 0.717) is 36.3 Å². The summed E-state index contributed by atoms with van der Waals surface area (Å²) in [5.41, 5.74) is -0.0112. The number of amides is 1. The summed E-state index contributed by atoms with van der Waals surface area (Å²) in [5, 5.41) is 11.5. The molecule has 1 aromatic carbocycles. The number of carbonyl (C=O) groups excluding carboxylic acids is 1. The lowest BCUT2D eigenvalue weighted by molar-refractivity contribution is -0.384. The highest BCUT2D eigenvalue weighted by Gasteiger charge is 2.25. The molecule has 1 saturated heterocycles. The highest BCUT2D eigenvalue weighted by molar-refractivity contribution is 7.88. The van der Waals surface area contributed by atoms with Gasteiger partial charge in [-0.3, -0.25) is 14.9 Å². The quantitative estimate of drug-likeness (QED) is 0.595. The highest BCUT2D eigenvalue weighted by atomic mass is 32.2. The molecule has 1 aliphatic heterocycles. The van der Waals surface area contributed by atoms with Gasteiger partial charge in [-0.15, -0.1) is 11.3 Å². The number of sulfonamides is 1. The van der Waals surface area contributed by atoms with Crippen molar-refractivity contribution in [2.75, 3.05) is 32.4 Å². The van der Waals surface area contributed by atoms with E-state index in [4.69, 9.17) is 0 Å². The van der Waals surface area contributed by atoms with Crippen LogP contribution in [-0.4, -0.2) is 60.9 Å². The second-order valence-electron chi connectivity index (χ2n) is 5.90. The molecule has 2 aromatic rings. The van der Waals surface area contributed by atoms with Gasteiger partial charge in [-0.2, -0.15) is 0 Å². The molecule has 2 heterocycles. The predicted molar refractivity (Wildman–Crippen MR) is 95.4 cm³/mol. The molecule has 0 saturated carbocycles. The van der Waals surface area contributed by atoms with Crippen LogP contribution in [-0.2, 0) is 10.0 Å². The summed E-state index contributed by atoms with van der Waals surface area (Å²) in [5.74, 6) is -0.167. The van der Waals surface area contributed by atoms with Crippen molar-refractivity contribution >= 4 is 43.0 Å². The Morgan fingerprint density at radius 3 is 2.64 bits per heavy atom. The monoisotopic (exact) mass is 383 g/mol. The molecule has 1 amide bonds. The molecule has 1 fully saturated rings. The first-order valence-corrected chi connectivity index (χ1v) is 10.3. The fraction of sp³-hybridized carbons (Fsp3) is 0.400. The minimum Gasteiger partial charge on any atom is -0.337 e. The highest BCUT2D eigenvalue weighted by Crippen LogP contribution is 2.30. The molecule has 1 aromatic heterocycles. The fourth-order valence-electron chi connectivity index (χ4n) is 2.83. The third-order valence-corrected chi connectivity index (χ3v) is 6.54. The van der Waals surface area contributed by atoms with E-state index < -0.39 is 14.9 Å². The van der Waals surface area contributed by atoms with Crippen molar-refractivity contribution in [3.8, 4) is 0 Å². The van der Waals surface area contributed by atoms with Gasteiger partial charge in [-0.1, -0.05) is 0 Å². The molecule has 8 nitrogen and oxygen atoms in total. The average molecular weight is 383 g/mol. The van der Waals surface area contributed by atoms with Crippen LogP contribution in [0, 0.1) is 10.1 Å². The summed E-state index contributed by atoms with van der Waals surface area (Å²) in [4.78, 5) is 25.3. The van der Waals surface area contributed by atoms with Crippen LogP contribution in [0.4, 0.5) is 5.69 Å². The Kier molecular flexibility index (Phi) is 4.76. The maximum atomic E-state index is 12.7. The van der Waals surface area contributed by atoms with Crippen molar-refractivity contribution in [3.63, 3.8) is 0 Å². The van der Waals surface area contributed by atoms with E-state index in [1.54, 1.807) is 17.0 Å². The summed E-state index contributed by atoms with van der Waals surface area (Å²) in [6.45, 7) is 1.50. The third-order valence-electron chi connectivity index (χ3n) is 4.13. The summed E-state index contributed by atoms with van der Waals surface area (Å²) < 4.78 is 25.5. The lowest BCUT2D eigenvalue weighted by atomic mass is 10.2. The van der Waals surface area contributed by atoms with Crippen LogP contribution in [0.1, 0.15) is 16.1 Å². The number of thiophene rings is 1. The van der Waals surface area contributed by atoms with Gasteiger partial charge < -0.3 is 4.90 Å². The van der Waals surface area contributed by atoms with E-state index in [-0.39, 0.29) is 18.1 Å². The van der Waals surface area contributed by atoms with Crippen LogP contribution in [0.2, 0.25) is 0 Å². The van der Waals surface area contributed by atoms with E-state index in [1.165, 1.54) is 34.0 Å². The number of nitro benzene ring substituents is 1. The van der Waals surface area contributed by atoms with E-state index in [9.17, 15) is 23.3 Å². The Hall–Kier alpha value is -2.04. The largest absolute Gasteiger partial charge is 0.337 e. The zero-order valence-corrected chi connectivity index (χ0v) is 15.2. The maximum absolute atomic E-state index is 12.7. The third kappa shape index (κ3) is 3.80. The molecule has 0 aliphatic carbocycles. The molecular weight excluding hydrogens is 366 g/mol. The first kappa shape index (κ1) is 17.8. The normalized spacial score (nSPS) is 16.8. The Morgan fingerprint density at radius 1 is 1.20 bits per heavy atom. The maximum Gasteiger partial charge on any atom is 0.270 e. The number of benzene rings is 1. The Bertz CT molecular complexity index is 938. The fourth-order valence-corrected chi connectivity index (χ4v) is 4.72. The summed E-state index contributed by atoms with van der Waals surface area (Å²) in [7, 11) is -3.26. The van der Waals surface area contributed by atoms with E-state index >= 15 is 0 Å². The van der Waals surface area contributed by atoms with Gasteiger partial charge in [0, 0.05) is 48.4 Å². The topological polar surface area (TPSA) is 101 Å². The van der Waals surface area contributed by atoms with Gasteiger partial charge in [-0.05, 0) is 18.6 Å². The minimum atomic E-state index is -3.26. The molecule has 3 rings (SSSR count). The van der Waals surface area contributed by atoms with Gasteiger partial charge in [0.2, 0.25) is 10.0 Å². The van der Waals surface area contributed by atoms with Crippen molar-refractivity contribution < 1.29 is 18.1 Å². The van der Waals surface area contributed by atoms with Crippen molar-refractivity contribution in [1.29, 1.82) is 0 Å². The zero-order valence-electron chi connectivity index (χ0n) is 13.5. The Labute approximate surface area is 148 Å². The lowest BCUT2D eigenvalue weighted by Crippen LogP contribution is -2.36. The first-order chi connectivity index (χ1) is 11.8. The molecule has 134 valence electrons. The van der Waals surface area contributed by atoms with Crippen molar-refractivity contribution in [1.82, 2.24) is 9.21 Å². The smallest absolute Gasteiger partial charge is 0.270 e. The van der Waals surface area contributed by atoms with Crippen LogP contribution in [0.15, 0.2) is 24.3 Å². The minimum absolute atomic E-state index is 0.0112. The first-order valence-electron chi connectivity index (χ1n) is 7.68. The van der Waals surface area contributed by atoms with Gasteiger partial charge in [-0.25, -0.2) is 12.7 Å².